The van der Waals surface area contributed by atoms with Crippen molar-refractivity contribution in [3.8, 4) is 0 Å². The molecule has 0 radical (unpaired) electrons. The summed E-state index contributed by atoms with van der Waals surface area (Å²) in [6.45, 7) is 6.38. The first-order valence-electron chi connectivity index (χ1n) is 5.59. The van der Waals surface area contributed by atoms with Crippen LogP contribution in [0.5, 0.6) is 0 Å². The van der Waals surface area contributed by atoms with Crippen molar-refractivity contribution < 1.29 is 4.79 Å². The Morgan fingerprint density at radius 3 is 2.29 bits per heavy atom. The van der Waals surface area contributed by atoms with Gasteiger partial charge in [-0.1, -0.05) is 45.0 Å². The summed E-state index contributed by atoms with van der Waals surface area (Å²) in [5.41, 5.74) is 6.79. The summed E-state index contributed by atoms with van der Waals surface area (Å²) in [5, 5.41) is 1.87. The van der Waals surface area contributed by atoms with Gasteiger partial charge in [0.2, 0.25) is 0 Å². The van der Waals surface area contributed by atoms with Gasteiger partial charge in [-0.05, 0) is 16.4 Å². The lowest BCUT2D eigenvalue weighted by atomic mass is 9.84. The Bertz CT molecular complexity index is 582. The Morgan fingerprint density at radius 2 is 1.76 bits per heavy atom. The zero-order chi connectivity index (χ0) is 12.6. The van der Waals surface area contributed by atoms with Crippen LogP contribution in [0.4, 0.5) is 0 Å². The number of primary amides is 1. The lowest BCUT2D eigenvalue weighted by Gasteiger charge is -2.21. The maximum absolute atomic E-state index is 11.3. The van der Waals surface area contributed by atoms with Crippen LogP contribution in [0.1, 0.15) is 36.8 Å². The van der Waals surface area contributed by atoms with Gasteiger partial charge in [0, 0.05) is 11.6 Å². The predicted octanol–water partition coefficient (Wildman–Crippen LogP) is 2.63. The van der Waals surface area contributed by atoms with Gasteiger partial charge in [-0.15, -0.1) is 0 Å². The van der Waals surface area contributed by atoms with E-state index < -0.39 is 5.91 Å². The van der Waals surface area contributed by atoms with E-state index in [0.29, 0.717) is 5.69 Å². The number of carbonyl (C=O) groups excluding carboxylic acids is 1. The molecule has 2 N–H and O–H groups in total. The molecule has 0 saturated carbocycles. The highest BCUT2D eigenvalue weighted by molar-refractivity contribution is 6.05. The van der Waals surface area contributed by atoms with E-state index in [1.54, 1.807) is 6.20 Å². The van der Waals surface area contributed by atoms with Gasteiger partial charge in [-0.2, -0.15) is 0 Å². The molecule has 3 nitrogen and oxygen atoms in total. The average molecular weight is 228 g/mol. The van der Waals surface area contributed by atoms with Crippen LogP contribution in [0.15, 0.2) is 30.5 Å². The van der Waals surface area contributed by atoms with E-state index in [1.807, 2.05) is 24.3 Å². The normalized spacial score (nSPS) is 11.7. The fraction of sp³-hybridized carbons (Fsp3) is 0.286. The topological polar surface area (TPSA) is 56.0 Å². The number of nitrogens with two attached hydrogens (primary N) is 1. The SMILES string of the molecule is CC(C)(C)c1cnc(C(N)=O)c2ccccc12. The summed E-state index contributed by atoms with van der Waals surface area (Å²) < 4.78 is 0. The van der Waals surface area contributed by atoms with Crippen molar-refractivity contribution in [3.05, 3.63) is 41.7 Å². The molecular weight excluding hydrogens is 212 g/mol. The van der Waals surface area contributed by atoms with E-state index in [0.717, 1.165) is 16.3 Å². The Morgan fingerprint density at radius 1 is 1.18 bits per heavy atom. The highest BCUT2D eigenvalue weighted by atomic mass is 16.1. The summed E-state index contributed by atoms with van der Waals surface area (Å²) >= 11 is 0. The second-order valence-electron chi connectivity index (χ2n) is 5.18. The van der Waals surface area contributed by atoms with Crippen LogP contribution in [-0.2, 0) is 5.41 Å². The van der Waals surface area contributed by atoms with Gasteiger partial charge in [0.1, 0.15) is 5.69 Å². The molecule has 0 fully saturated rings. The van der Waals surface area contributed by atoms with Gasteiger partial charge >= 0.3 is 0 Å². The van der Waals surface area contributed by atoms with Crippen molar-refractivity contribution >= 4 is 16.7 Å². The van der Waals surface area contributed by atoms with Gasteiger partial charge in [-0.3, -0.25) is 9.78 Å². The smallest absolute Gasteiger partial charge is 0.267 e. The Labute approximate surface area is 101 Å². The molecule has 1 aromatic heterocycles. The second kappa shape index (κ2) is 3.84. The summed E-state index contributed by atoms with van der Waals surface area (Å²) in [7, 11) is 0. The van der Waals surface area contributed by atoms with E-state index >= 15 is 0 Å². The second-order valence-corrected chi connectivity index (χ2v) is 5.18. The molecule has 2 aromatic rings. The molecule has 0 aliphatic carbocycles. The maximum atomic E-state index is 11.3. The molecule has 1 heterocycles. The van der Waals surface area contributed by atoms with Gasteiger partial charge in [0.05, 0.1) is 0 Å². The molecule has 88 valence electrons. The van der Waals surface area contributed by atoms with Crippen LogP contribution in [0, 0.1) is 0 Å². The molecule has 2 rings (SSSR count). The number of aromatic nitrogens is 1. The van der Waals surface area contributed by atoms with Crippen LogP contribution in [0.25, 0.3) is 10.8 Å². The number of carbonyl (C=O) groups is 1. The number of pyridine rings is 1. The molecule has 17 heavy (non-hydrogen) atoms. The molecule has 0 aliphatic heterocycles. The largest absolute Gasteiger partial charge is 0.364 e. The third-order valence-electron chi connectivity index (χ3n) is 2.84. The summed E-state index contributed by atoms with van der Waals surface area (Å²) in [5.74, 6) is -0.485. The highest BCUT2D eigenvalue weighted by Crippen LogP contribution is 2.30. The molecule has 0 saturated heterocycles. The van der Waals surface area contributed by atoms with Gasteiger partial charge in [-0.25, -0.2) is 0 Å². The van der Waals surface area contributed by atoms with Crippen molar-refractivity contribution in [1.29, 1.82) is 0 Å². The first-order chi connectivity index (χ1) is 7.91. The fourth-order valence-corrected chi connectivity index (χ4v) is 1.99. The molecular formula is C14H16N2O. The molecule has 1 aromatic carbocycles. The van der Waals surface area contributed by atoms with Crippen LogP contribution >= 0.6 is 0 Å². The van der Waals surface area contributed by atoms with E-state index in [-0.39, 0.29) is 5.41 Å². The van der Waals surface area contributed by atoms with Crippen LogP contribution in [-0.4, -0.2) is 10.9 Å². The number of benzene rings is 1. The van der Waals surface area contributed by atoms with E-state index in [1.165, 1.54) is 0 Å². The number of hydrogen-bond donors (Lipinski definition) is 1. The molecule has 0 atom stereocenters. The zero-order valence-corrected chi connectivity index (χ0v) is 10.3. The Hall–Kier alpha value is -1.90. The van der Waals surface area contributed by atoms with Gasteiger partial charge in [0.25, 0.3) is 5.91 Å². The van der Waals surface area contributed by atoms with Gasteiger partial charge in [0.15, 0.2) is 0 Å². The van der Waals surface area contributed by atoms with Crippen molar-refractivity contribution in [2.75, 3.05) is 0 Å². The van der Waals surface area contributed by atoms with E-state index in [9.17, 15) is 4.79 Å². The minimum Gasteiger partial charge on any atom is -0.364 e. The Balaban J connectivity index is 2.85. The number of fused-ring (bicyclic) bond motifs is 1. The fourth-order valence-electron chi connectivity index (χ4n) is 1.99. The summed E-state index contributed by atoms with van der Waals surface area (Å²) in [6, 6.07) is 7.74. The molecule has 0 unspecified atom stereocenters. The third-order valence-corrected chi connectivity index (χ3v) is 2.84. The lowest BCUT2D eigenvalue weighted by Crippen LogP contribution is -2.17. The highest BCUT2D eigenvalue weighted by Gasteiger charge is 2.19. The number of rotatable bonds is 1. The number of hydrogen-bond acceptors (Lipinski definition) is 2. The molecule has 3 heteroatoms. The Kier molecular flexibility index (Phi) is 2.62. The monoisotopic (exact) mass is 228 g/mol. The van der Waals surface area contributed by atoms with Crippen molar-refractivity contribution in [2.45, 2.75) is 26.2 Å². The molecule has 0 aliphatic rings. The average Bonchev–Trinajstić information content (AvgIpc) is 2.26. The minimum atomic E-state index is -0.485. The van der Waals surface area contributed by atoms with Crippen molar-refractivity contribution in [2.24, 2.45) is 5.73 Å². The van der Waals surface area contributed by atoms with Gasteiger partial charge < -0.3 is 5.73 Å². The standard InChI is InChI=1S/C14H16N2O/c1-14(2,3)11-8-16-12(13(15)17)10-7-5-4-6-9(10)11/h4-8H,1-3H3,(H2,15,17). The summed E-state index contributed by atoms with van der Waals surface area (Å²) in [6.07, 6.45) is 1.75. The molecule has 1 amide bonds. The number of nitrogens with zero attached hydrogens (tertiary/aromatic N) is 1. The minimum absolute atomic E-state index is 0.0111. The van der Waals surface area contributed by atoms with Crippen molar-refractivity contribution in [1.82, 2.24) is 4.98 Å². The quantitative estimate of drug-likeness (QED) is 0.815. The molecule has 0 spiro atoms. The predicted molar refractivity (Wildman–Crippen MR) is 69.0 cm³/mol. The first kappa shape index (κ1) is 11.6. The number of amides is 1. The molecule has 0 bridgehead atoms. The van der Waals surface area contributed by atoms with Crippen molar-refractivity contribution in [3.63, 3.8) is 0 Å². The summed E-state index contributed by atoms with van der Waals surface area (Å²) in [4.78, 5) is 15.5. The van der Waals surface area contributed by atoms with Crippen LogP contribution < -0.4 is 5.73 Å². The third kappa shape index (κ3) is 2.00. The van der Waals surface area contributed by atoms with Crippen LogP contribution in [0.2, 0.25) is 0 Å². The van der Waals surface area contributed by atoms with E-state index in [4.69, 9.17) is 5.73 Å². The van der Waals surface area contributed by atoms with E-state index in [2.05, 4.69) is 25.8 Å². The zero-order valence-electron chi connectivity index (χ0n) is 10.3. The first-order valence-corrected chi connectivity index (χ1v) is 5.59. The lowest BCUT2D eigenvalue weighted by molar-refractivity contribution is 0.0997. The maximum Gasteiger partial charge on any atom is 0.267 e. The van der Waals surface area contributed by atoms with Crippen LogP contribution in [0.3, 0.4) is 0 Å².